The Morgan fingerprint density at radius 1 is 1.14 bits per heavy atom. The van der Waals surface area contributed by atoms with Gasteiger partial charge >= 0.3 is 6.18 Å². The summed E-state index contributed by atoms with van der Waals surface area (Å²) in [5.74, 6) is -1.08. The predicted molar refractivity (Wildman–Crippen MR) is 73.2 cm³/mol. The summed E-state index contributed by atoms with van der Waals surface area (Å²) in [5, 5.41) is 2.94. The number of allylic oxidation sites excluding steroid dienone is 2. The molecule has 1 aromatic carbocycles. The number of alkyl halides is 3. The van der Waals surface area contributed by atoms with E-state index in [1.165, 1.54) is 7.11 Å². The topological polar surface area (TPSA) is 38.3 Å². The van der Waals surface area contributed by atoms with E-state index in [2.05, 4.69) is 5.32 Å². The average molecular weight is 299 g/mol. The van der Waals surface area contributed by atoms with Crippen molar-refractivity contribution in [2.24, 2.45) is 0 Å². The van der Waals surface area contributed by atoms with Gasteiger partial charge in [0.05, 0.1) is 7.11 Å². The van der Waals surface area contributed by atoms with Crippen molar-refractivity contribution in [3.05, 3.63) is 35.5 Å². The van der Waals surface area contributed by atoms with Crippen LogP contribution in [-0.4, -0.2) is 19.1 Å². The van der Waals surface area contributed by atoms with Crippen LogP contribution in [0.25, 0.3) is 0 Å². The van der Waals surface area contributed by atoms with E-state index in [4.69, 9.17) is 4.74 Å². The second kappa shape index (κ2) is 6.20. The molecule has 0 bridgehead atoms. The SMILES string of the molecule is COc1ccc(NC2=C(C(=O)C(F)(F)F)CCCC2)cc1. The lowest BCUT2D eigenvalue weighted by Crippen LogP contribution is -2.28. The number of carbonyl (C=O) groups excluding carboxylic acids is 1. The molecule has 0 fully saturated rings. The molecular weight excluding hydrogens is 283 g/mol. The molecule has 1 N–H and O–H groups in total. The highest BCUT2D eigenvalue weighted by Gasteiger charge is 2.41. The van der Waals surface area contributed by atoms with Crippen LogP contribution in [0.2, 0.25) is 0 Å². The Bertz CT molecular complexity index is 547. The zero-order valence-electron chi connectivity index (χ0n) is 11.6. The number of methoxy groups -OCH3 is 1. The van der Waals surface area contributed by atoms with Gasteiger partial charge in [-0.05, 0) is 49.9 Å². The molecule has 0 spiro atoms. The maximum atomic E-state index is 12.6. The lowest BCUT2D eigenvalue weighted by molar-refractivity contribution is -0.166. The largest absolute Gasteiger partial charge is 0.497 e. The van der Waals surface area contributed by atoms with Gasteiger partial charge in [-0.2, -0.15) is 13.2 Å². The lowest BCUT2D eigenvalue weighted by atomic mass is 9.93. The Labute approximate surface area is 120 Å². The normalized spacial score (nSPS) is 15.8. The molecule has 1 aliphatic carbocycles. The molecule has 21 heavy (non-hydrogen) atoms. The molecule has 1 aliphatic rings. The van der Waals surface area contributed by atoms with Crippen LogP contribution in [-0.2, 0) is 4.79 Å². The van der Waals surface area contributed by atoms with Gasteiger partial charge in [-0.3, -0.25) is 4.79 Å². The molecule has 0 atom stereocenters. The van der Waals surface area contributed by atoms with Gasteiger partial charge in [0.2, 0.25) is 0 Å². The fourth-order valence-corrected chi connectivity index (χ4v) is 2.31. The zero-order valence-corrected chi connectivity index (χ0v) is 11.6. The summed E-state index contributed by atoms with van der Waals surface area (Å²) in [6.45, 7) is 0. The molecule has 0 saturated carbocycles. The van der Waals surface area contributed by atoms with E-state index in [0.29, 0.717) is 30.0 Å². The molecule has 0 aliphatic heterocycles. The number of Topliss-reactive ketones (excluding diaryl/α,β-unsaturated/α-hetero) is 1. The van der Waals surface area contributed by atoms with Gasteiger partial charge in [0, 0.05) is 17.0 Å². The molecule has 3 nitrogen and oxygen atoms in total. The minimum absolute atomic E-state index is 0.149. The zero-order chi connectivity index (χ0) is 15.5. The minimum Gasteiger partial charge on any atom is -0.497 e. The highest BCUT2D eigenvalue weighted by Crippen LogP contribution is 2.32. The molecule has 0 unspecified atom stereocenters. The molecule has 2 rings (SSSR count). The van der Waals surface area contributed by atoms with Crippen molar-refractivity contribution in [3.63, 3.8) is 0 Å². The van der Waals surface area contributed by atoms with Crippen molar-refractivity contribution in [1.29, 1.82) is 0 Å². The van der Waals surface area contributed by atoms with E-state index < -0.39 is 12.0 Å². The molecule has 0 heterocycles. The van der Waals surface area contributed by atoms with Gasteiger partial charge < -0.3 is 10.1 Å². The highest BCUT2D eigenvalue weighted by molar-refractivity contribution is 6.00. The predicted octanol–water partition coefficient (Wildman–Crippen LogP) is 4.07. The number of hydrogen-bond acceptors (Lipinski definition) is 3. The standard InChI is InChI=1S/C15H16F3NO2/c1-21-11-8-6-10(7-9-11)19-13-5-3-2-4-12(13)14(20)15(16,17)18/h6-9,19H,2-5H2,1H3. The molecule has 114 valence electrons. The third-order valence-electron chi connectivity index (χ3n) is 3.38. The number of ether oxygens (including phenoxy) is 1. The molecule has 1 aromatic rings. The second-order valence-electron chi connectivity index (χ2n) is 4.84. The van der Waals surface area contributed by atoms with Gasteiger partial charge in [-0.1, -0.05) is 0 Å². The lowest BCUT2D eigenvalue weighted by Gasteiger charge is -2.21. The van der Waals surface area contributed by atoms with E-state index in [9.17, 15) is 18.0 Å². The highest BCUT2D eigenvalue weighted by atomic mass is 19.4. The molecule has 0 aromatic heterocycles. The molecular formula is C15H16F3NO2. The second-order valence-corrected chi connectivity index (χ2v) is 4.84. The number of hydrogen-bond donors (Lipinski definition) is 1. The maximum Gasteiger partial charge on any atom is 0.454 e. The number of carbonyl (C=O) groups is 1. The van der Waals surface area contributed by atoms with Gasteiger partial charge in [0.1, 0.15) is 5.75 Å². The number of benzene rings is 1. The van der Waals surface area contributed by atoms with E-state index in [1.807, 2.05) is 0 Å². The summed E-state index contributed by atoms with van der Waals surface area (Å²) in [6, 6.07) is 6.82. The quantitative estimate of drug-likeness (QED) is 0.911. The summed E-state index contributed by atoms with van der Waals surface area (Å²) in [4.78, 5) is 11.5. The van der Waals surface area contributed by atoms with Crippen LogP contribution < -0.4 is 10.1 Å². The van der Waals surface area contributed by atoms with Gasteiger partial charge in [-0.15, -0.1) is 0 Å². The summed E-state index contributed by atoms with van der Waals surface area (Å²) < 4.78 is 42.9. The van der Waals surface area contributed by atoms with Crippen LogP contribution in [0.15, 0.2) is 35.5 Å². The Kier molecular flexibility index (Phi) is 4.55. The Morgan fingerprint density at radius 3 is 2.33 bits per heavy atom. The average Bonchev–Trinajstić information content (AvgIpc) is 2.47. The van der Waals surface area contributed by atoms with Crippen molar-refractivity contribution >= 4 is 11.5 Å². The van der Waals surface area contributed by atoms with Crippen LogP contribution >= 0.6 is 0 Å². The van der Waals surface area contributed by atoms with Crippen molar-refractivity contribution in [2.45, 2.75) is 31.9 Å². The first-order chi connectivity index (χ1) is 9.91. The number of anilines is 1. The van der Waals surface area contributed by atoms with Gasteiger partial charge in [0.15, 0.2) is 0 Å². The molecule has 6 heteroatoms. The third-order valence-corrected chi connectivity index (χ3v) is 3.38. The first-order valence-corrected chi connectivity index (χ1v) is 6.66. The molecule has 0 radical (unpaired) electrons. The fourth-order valence-electron chi connectivity index (χ4n) is 2.31. The summed E-state index contributed by atoms with van der Waals surface area (Å²) in [7, 11) is 1.53. The van der Waals surface area contributed by atoms with Crippen LogP contribution in [0.5, 0.6) is 5.75 Å². The van der Waals surface area contributed by atoms with Crippen molar-refractivity contribution in [2.75, 3.05) is 12.4 Å². The number of nitrogens with one attached hydrogen (secondary N) is 1. The van der Waals surface area contributed by atoms with Crippen molar-refractivity contribution in [1.82, 2.24) is 0 Å². The van der Waals surface area contributed by atoms with Gasteiger partial charge in [0.25, 0.3) is 5.78 Å². The third kappa shape index (κ3) is 3.77. The minimum atomic E-state index is -4.82. The van der Waals surface area contributed by atoms with Crippen LogP contribution in [0.3, 0.4) is 0 Å². The number of ketones is 1. The molecule has 0 amide bonds. The van der Waals surface area contributed by atoms with Crippen molar-refractivity contribution < 1.29 is 22.7 Å². The smallest absolute Gasteiger partial charge is 0.454 e. The summed E-state index contributed by atoms with van der Waals surface area (Å²) in [6.07, 6.45) is -2.84. The van der Waals surface area contributed by atoms with E-state index in [1.54, 1.807) is 24.3 Å². The number of rotatable bonds is 4. The molecule has 0 saturated heterocycles. The Morgan fingerprint density at radius 2 is 1.76 bits per heavy atom. The maximum absolute atomic E-state index is 12.6. The fraction of sp³-hybridized carbons (Fsp3) is 0.400. The van der Waals surface area contributed by atoms with E-state index in [-0.39, 0.29) is 12.0 Å². The first kappa shape index (κ1) is 15.4. The Hall–Kier alpha value is -1.98. The van der Waals surface area contributed by atoms with E-state index >= 15 is 0 Å². The summed E-state index contributed by atoms with van der Waals surface area (Å²) in [5.41, 5.74) is 0.860. The van der Waals surface area contributed by atoms with Crippen LogP contribution in [0, 0.1) is 0 Å². The Balaban J connectivity index is 2.24. The first-order valence-electron chi connectivity index (χ1n) is 6.66. The number of halogens is 3. The van der Waals surface area contributed by atoms with Gasteiger partial charge in [-0.25, -0.2) is 0 Å². The van der Waals surface area contributed by atoms with Crippen LogP contribution in [0.4, 0.5) is 18.9 Å². The monoisotopic (exact) mass is 299 g/mol. The van der Waals surface area contributed by atoms with Crippen LogP contribution in [0.1, 0.15) is 25.7 Å². The van der Waals surface area contributed by atoms with Crippen molar-refractivity contribution in [3.8, 4) is 5.75 Å². The van der Waals surface area contributed by atoms with E-state index in [0.717, 1.165) is 6.42 Å². The summed E-state index contributed by atoms with van der Waals surface area (Å²) >= 11 is 0.